The van der Waals surface area contributed by atoms with Gasteiger partial charge in [-0.3, -0.25) is 14.5 Å². The van der Waals surface area contributed by atoms with E-state index in [-0.39, 0.29) is 11.9 Å². The fraction of sp³-hybridized carbons (Fsp3) is 0.778. The summed E-state index contributed by atoms with van der Waals surface area (Å²) < 4.78 is 0. The molecule has 0 saturated carbocycles. The molecule has 2 atom stereocenters. The topological polar surface area (TPSA) is 101 Å². The highest BCUT2D eigenvalue weighted by molar-refractivity contribution is 5.79. The molecular formula is C9H18N4O2. The first-order valence-electron chi connectivity index (χ1n) is 5.03. The van der Waals surface area contributed by atoms with Crippen LogP contribution in [0.4, 0.5) is 0 Å². The number of likely N-dealkylation sites (tertiary alicyclic amines) is 1. The second-order valence-corrected chi connectivity index (χ2v) is 3.95. The van der Waals surface area contributed by atoms with Crippen LogP contribution in [0.15, 0.2) is 0 Å². The van der Waals surface area contributed by atoms with Crippen molar-refractivity contribution in [3.05, 3.63) is 0 Å². The molecule has 1 fully saturated rings. The molecule has 5 N–H and O–H groups in total. The minimum Gasteiger partial charge on any atom is -0.368 e. The van der Waals surface area contributed by atoms with Crippen LogP contribution < -0.4 is 16.8 Å². The van der Waals surface area contributed by atoms with Crippen LogP contribution in [0.3, 0.4) is 0 Å². The third-order valence-corrected chi connectivity index (χ3v) is 2.50. The number of carbonyl (C=O) groups excluding carboxylic acids is 2. The summed E-state index contributed by atoms with van der Waals surface area (Å²) in [5.74, 6) is -0.515. The molecule has 2 unspecified atom stereocenters. The smallest absolute Gasteiger partial charge is 0.235 e. The lowest BCUT2D eigenvalue weighted by Crippen LogP contribution is -2.46. The van der Waals surface area contributed by atoms with Crippen LogP contribution in [0.1, 0.15) is 13.3 Å². The summed E-state index contributed by atoms with van der Waals surface area (Å²) in [4.78, 5) is 23.6. The molecule has 0 radical (unpaired) electrons. The van der Waals surface area contributed by atoms with E-state index < -0.39 is 11.9 Å². The Hall–Kier alpha value is -1.14. The second kappa shape index (κ2) is 5.09. The third-order valence-electron chi connectivity index (χ3n) is 2.50. The molecule has 0 aromatic carbocycles. The molecule has 1 heterocycles. The third kappa shape index (κ3) is 3.85. The summed E-state index contributed by atoms with van der Waals surface area (Å²) in [7, 11) is 0. The Labute approximate surface area is 89.0 Å². The minimum absolute atomic E-state index is 0.0268. The van der Waals surface area contributed by atoms with Crippen LogP contribution in [0.5, 0.6) is 0 Å². The first kappa shape index (κ1) is 11.9. The Balaban J connectivity index is 2.30. The van der Waals surface area contributed by atoms with Gasteiger partial charge >= 0.3 is 0 Å². The van der Waals surface area contributed by atoms with Gasteiger partial charge in [0.05, 0.1) is 6.04 Å². The van der Waals surface area contributed by atoms with E-state index in [2.05, 4.69) is 5.32 Å². The molecule has 1 aliphatic rings. The monoisotopic (exact) mass is 214 g/mol. The normalized spacial score (nSPS) is 23.7. The van der Waals surface area contributed by atoms with Gasteiger partial charge in [0.25, 0.3) is 0 Å². The molecule has 0 bridgehead atoms. The van der Waals surface area contributed by atoms with Gasteiger partial charge in [0.2, 0.25) is 11.8 Å². The Morgan fingerprint density at radius 3 is 2.80 bits per heavy atom. The van der Waals surface area contributed by atoms with Gasteiger partial charge in [0.1, 0.15) is 0 Å². The molecule has 86 valence electrons. The first-order valence-corrected chi connectivity index (χ1v) is 5.03. The molecular weight excluding hydrogens is 196 g/mol. The molecule has 0 aromatic heterocycles. The van der Waals surface area contributed by atoms with E-state index >= 15 is 0 Å². The van der Waals surface area contributed by atoms with E-state index in [1.165, 1.54) is 6.92 Å². The average molecular weight is 214 g/mol. The van der Waals surface area contributed by atoms with Crippen molar-refractivity contribution in [2.24, 2.45) is 11.5 Å². The molecule has 15 heavy (non-hydrogen) atoms. The fourth-order valence-electron chi connectivity index (χ4n) is 1.77. The second-order valence-electron chi connectivity index (χ2n) is 3.95. The maximum absolute atomic E-state index is 10.8. The molecule has 1 aliphatic heterocycles. The number of nitrogens with two attached hydrogens (primary N) is 2. The van der Waals surface area contributed by atoms with Gasteiger partial charge in [-0.25, -0.2) is 0 Å². The first-order chi connectivity index (χ1) is 6.99. The van der Waals surface area contributed by atoms with Crippen molar-refractivity contribution in [3.63, 3.8) is 0 Å². The zero-order valence-corrected chi connectivity index (χ0v) is 8.90. The van der Waals surface area contributed by atoms with Crippen molar-refractivity contribution in [1.82, 2.24) is 10.2 Å². The van der Waals surface area contributed by atoms with E-state index in [1.807, 2.05) is 4.90 Å². The lowest BCUT2D eigenvalue weighted by Gasteiger charge is -2.18. The zero-order valence-electron chi connectivity index (χ0n) is 8.90. The summed E-state index contributed by atoms with van der Waals surface area (Å²) >= 11 is 0. The number of hydrogen-bond acceptors (Lipinski definition) is 4. The van der Waals surface area contributed by atoms with E-state index in [1.54, 1.807) is 0 Å². The summed E-state index contributed by atoms with van der Waals surface area (Å²) in [6, 6.07) is -0.455. The van der Waals surface area contributed by atoms with Crippen LogP contribution in [0, 0.1) is 0 Å². The Bertz CT molecular complexity index is 256. The molecule has 2 amide bonds. The minimum atomic E-state index is -0.624. The Kier molecular flexibility index (Phi) is 4.05. The zero-order chi connectivity index (χ0) is 11.4. The highest BCUT2D eigenvalue weighted by atomic mass is 16.2. The number of rotatable bonds is 4. The maximum atomic E-state index is 10.8. The lowest BCUT2D eigenvalue weighted by molar-refractivity contribution is -0.120. The molecule has 0 aromatic rings. The van der Waals surface area contributed by atoms with Crippen molar-refractivity contribution < 1.29 is 9.59 Å². The van der Waals surface area contributed by atoms with Gasteiger partial charge in [-0.15, -0.1) is 0 Å². The highest BCUT2D eigenvalue weighted by Crippen LogP contribution is 2.08. The van der Waals surface area contributed by atoms with Crippen LogP contribution in [-0.4, -0.2) is 48.4 Å². The van der Waals surface area contributed by atoms with Crippen molar-refractivity contribution in [2.75, 3.05) is 19.6 Å². The number of hydrogen-bond donors (Lipinski definition) is 3. The molecule has 6 nitrogen and oxygen atoms in total. The quantitative estimate of drug-likeness (QED) is 0.504. The van der Waals surface area contributed by atoms with Crippen molar-refractivity contribution in [1.29, 1.82) is 0 Å². The number of amides is 2. The van der Waals surface area contributed by atoms with Crippen molar-refractivity contribution >= 4 is 11.8 Å². The fourth-order valence-corrected chi connectivity index (χ4v) is 1.77. The maximum Gasteiger partial charge on any atom is 0.235 e. The van der Waals surface area contributed by atoms with Gasteiger partial charge in [0.15, 0.2) is 0 Å². The standard InChI is InChI=1S/C9H18N4O2/c1-6(14)12-7-2-3-13(4-7)5-8(10)9(11)15/h7-8H,2-5,10H2,1H3,(H2,11,15)(H,12,14). The number of nitrogens with zero attached hydrogens (tertiary/aromatic N) is 1. The van der Waals surface area contributed by atoms with Gasteiger partial charge in [0, 0.05) is 32.6 Å². The lowest BCUT2D eigenvalue weighted by atomic mass is 10.2. The molecule has 1 saturated heterocycles. The largest absolute Gasteiger partial charge is 0.368 e. The van der Waals surface area contributed by atoms with Crippen molar-refractivity contribution in [3.8, 4) is 0 Å². The highest BCUT2D eigenvalue weighted by Gasteiger charge is 2.25. The molecule has 0 spiro atoms. The number of carbonyl (C=O) groups is 2. The van der Waals surface area contributed by atoms with E-state index in [4.69, 9.17) is 11.5 Å². The molecule has 1 rings (SSSR count). The van der Waals surface area contributed by atoms with Gasteiger partial charge in [-0.1, -0.05) is 0 Å². The predicted molar refractivity (Wildman–Crippen MR) is 55.8 cm³/mol. The van der Waals surface area contributed by atoms with E-state index in [0.29, 0.717) is 6.54 Å². The van der Waals surface area contributed by atoms with Gasteiger partial charge < -0.3 is 16.8 Å². The van der Waals surface area contributed by atoms with Crippen LogP contribution in [0.25, 0.3) is 0 Å². The summed E-state index contributed by atoms with van der Waals surface area (Å²) in [6.07, 6.45) is 0.894. The van der Waals surface area contributed by atoms with Crippen molar-refractivity contribution in [2.45, 2.75) is 25.4 Å². The summed E-state index contributed by atoms with van der Waals surface area (Å²) in [5, 5.41) is 2.84. The SMILES string of the molecule is CC(=O)NC1CCN(CC(N)C(N)=O)C1. The predicted octanol–water partition coefficient (Wildman–Crippen LogP) is -1.99. The number of nitrogens with one attached hydrogen (secondary N) is 1. The Morgan fingerprint density at radius 2 is 2.27 bits per heavy atom. The number of primary amides is 1. The van der Waals surface area contributed by atoms with E-state index in [9.17, 15) is 9.59 Å². The average Bonchev–Trinajstić information content (AvgIpc) is 2.51. The molecule has 0 aliphatic carbocycles. The Morgan fingerprint density at radius 1 is 1.60 bits per heavy atom. The van der Waals surface area contributed by atoms with Gasteiger partial charge in [-0.05, 0) is 6.42 Å². The van der Waals surface area contributed by atoms with Crippen LogP contribution >= 0.6 is 0 Å². The summed E-state index contributed by atoms with van der Waals surface area (Å²) in [5.41, 5.74) is 10.6. The van der Waals surface area contributed by atoms with Gasteiger partial charge in [-0.2, -0.15) is 0 Å². The summed E-state index contributed by atoms with van der Waals surface area (Å²) in [6.45, 7) is 3.54. The van der Waals surface area contributed by atoms with Crippen LogP contribution in [0.2, 0.25) is 0 Å². The van der Waals surface area contributed by atoms with E-state index in [0.717, 1.165) is 19.5 Å². The molecule has 6 heteroatoms. The van der Waals surface area contributed by atoms with Crippen LogP contribution in [-0.2, 0) is 9.59 Å².